The van der Waals surface area contributed by atoms with E-state index in [-0.39, 0.29) is 16.5 Å². The molecule has 24 heavy (non-hydrogen) atoms. The second-order valence-corrected chi connectivity index (χ2v) is 5.90. The number of halogens is 2. The number of ether oxygens (including phenoxy) is 1. The lowest BCUT2D eigenvalue weighted by molar-refractivity contribution is 0.373. The van der Waals surface area contributed by atoms with Crippen LogP contribution in [-0.2, 0) is 0 Å². The normalized spacial score (nSPS) is 11.3. The van der Waals surface area contributed by atoms with Gasteiger partial charge in [-0.3, -0.25) is 0 Å². The number of hydrogen-bond donors (Lipinski definition) is 2. The first-order valence-corrected chi connectivity index (χ1v) is 7.78. The number of phenols is 2. The largest absolute Gasteiger partial charge is 0.504 e. The summed E-state index contributed by atoms with van der Waals surface area (Å²) < 4.78 is 5.01. The van der Waals surface area contributed by atoms with Gasteiger partial charge in [0.15, 0.2) is 17.2 Å². The van der Waals surface area contributed by atoms with Gasteiger partial charge in [0.1, 0.15) is 5.52 Å². The van der Waals surface area contributed by atoms with E-state index < -0.39 is 0 Å². The number of aromatic nitrogens is 1. The highest BCUT2D eigenvalue weighted by Gasteiger charge is 2.10. The molecule has 3 rings (SSSR count). The number of aromatic hydroxyl groups is 2. The summed E-state index contributed by atoms with van der Waals surface area (Å²) in [5.74, 6) is 0.362. The van der Waals surface area contributed by atoms with Gasteiger partial charge in [-0.05, 0) is 42.0 Å². The molecule has 0 atom stereocenters. The van der Waals surface area contributed by atoms with Gasteiger partial charge >= 0.3 is 0 Å². The van der Waals surface area contributed by atoms with Crippen LogP contribution in [0, 0.1) is 0 Å². The summed E-state index contributed by atoms with van der Waals surface area (Å²) in [6, 6.07) is 10.1. The van der Waals surface area contributed by atoms with Crippen molar-refractivity contribution in [3.63, 3.8) is 0 Å². The van der Waals surface area contributed by atoms with Gasteiger partial charge in [0, 0.05) is 5.39 Å². The van der Waals surface area contributed by atoms with Crippen LogP contribution in [0.3, 0.4) is 0 Å². The van der Waals surface area contributed by atoms with Gasteiger partial charge in [-0.25, -0.2) is 4.98 Å². The minimum Gasteiger partial charge on any atom is -0.504 e. The van der Waals surface area contributed by atoms with Crippen LogP contribution in [0.25, 0.3) is 23.1 Å². The van der Waals surface area contributed by atoms with E-state index in [9.17, 15) is 10.2 Å². The molecule has 3 aromatic rings. The fourth-order valence-electron chi connectivity index (χ4n) is 2.30. The maximum absolute atomic E-state index is 10.1. The molecule has 0 aliphatic carbocycles. The Morgan fingerprint density at radius 3 is 2.50 bits per heavy atom. The summed E-state index contributed by atoms with van der Waals surface area (Å²) in [4.78, 5) is 4.37. The van der Waals surface area contributed by atoms with E-state index in [2.05, 4.69) is 4.98 Å². The van der Waals surface area contributed by atoms with Crippen LogP contribution < -0.4 is 4.74 Å². The van der Waals surface area contributed by atoms with Gasteiger partial charge < -0.3 is 14.9 Å². The Balaban J connectivity index is 1.98. The highest BCUT2D eigenvalue weighted by atomic mass is 35.5. The maximum atomic E-state index is 10.1. The van der Waals surface area contributed by atoms with Crippen molar-refractivity contribution in [2.75, 3.05) is 7.11 Å². The first kappa shape index (κ1) is 16.4. The van der Waals surface area contributed by atoms with Gasteiger partial charge in [-0.15, -0.1) is 0 Å². The average Bonchev–Trinajstić information content (AvgIpc) is 2.58. The molecule has 122 valence electrons. The molecule has 0 bridgehead atoms. The van der Waals surface area contributed by atoms with Crippen LogP contribution in [0.2, 0.25) is 10.0 Å². The molecule has 0 spiro atoms. The Morgan fingerprint density at radius 2 is 1.79 bits per heavy atom. The zero-order valence-corrected chi connectivity index (χ0v) is 14.1. The van der Waals surface area contributed by atoms with Crippen LogP contribution in [0.5, 0.6) is 17.2 Å². The first-order valence-electron chi connectivity index (χ1n) is 7.02. The van der Waals surface area contributed by atoms with Crippen molar-refractivity contribution in [1.82, 2.24) is 4.98 Å². The predicted octanol–water partition coefficient (Wildman–Crippen LogP) is 5.13. The van der Waals surface area contributed by atoms with E-state index >= 15 is 0 Å². The SMILES string of the molecule is COc1ccc(/C=C/c2ccc3c(Cl)cc(Cl)c(O)c3n2)cc1O. The van der Waals surface area contributed by atoms with Gasteiger partial charge in [-0.2, -0.15) is 0 Å². The molecule has 0 fully saturated rings. The Morgan fingerprint density at radius 1 is 1.00 bits per heavy atom. The Bertz CT molecular complexity index is 955. The zero-order valence-electron chi connectivity index (χ0n) is 12.6. The van der Waals surface area contributed by atoms with E-state index in [1.807, 2.05) is 0 Å². The van der Waals surface area contributed by atoms with Crippen LogP contribution in [-0.4, -0.2) is 22.3 Å². The van der Waals surface area contributed by atoms with E-state index in [0.717, 1.165) is 5.56 Å². The standard InChI is InChI=1S/C18H13Cl2NO3/c1-24-16-7-3-10(8-15(16)22)2-4-11-5-6-12-13(19)9-14(20)18(23)17(12)21-11/h2-9,22-23H,1H3/b4-2+. The number of phenolic OH excluding ortho intramolecular Hbond substituents is 2. The fraction of sp³-hybridized carbons (Fsp3) is 0.0556. The summed E-state index contributed by atoms with van der Waals surface area (Å²) >= 11 is 12.0. The molecular formula is C18H13Cl2NO3. The number of benzene rings is 2. The second kappa shape index (κ2) is 6.59. The number of nitrogens with zero attached hydrogens (tertiary/aromatic N) is 1. The number of fused-ring (bicyclic) bond motifs is 1. The Hall–Kier alpha value is -2.43. The van der Waals surface area contributed by atoms with E-state index in [1.54, 1.807) is 42.5 Å². The number of pyridine rings is 1. The van der Waals surface area contributed by atoms with Crippen LogP contribution in [0.15, 0.2) is 36.4 Å². The Labute approximate surface area is 148 Å². The number of rotatable bonds is 3. The Kier molecular flexibility index (Phi) is 4.51. The van der Waals surface area contributed by atoms with Crippen LogP contribution >= 0.6 is 23.2 Å². The molecule has 4 nitrogen and oxygen atoms in total. The van der Waals surface area contributed by atoms with Crippen molar-refractivity contribution in [3.8, 4) is 17.2 Å². The molecule has 6 heteroatoms. The highest BCUT2D eigenvalue weighted by molar-refractivity contribution is 6.39. The molecule has 0 aliphatic heterocycles. The molecule has 0 saturated heterocycles. The van der Waals surface area contributed by atoms with Crippen molar-refractivity contribution >= 4 is 46.3 Å². The molecule has 0 unspecified atom stereocenters. The summed E-state index contributed by atoms with van der Waals surface area (Å²) in [6.45, 7) is 0. The van der Waals surface area contributed by atoms with Crippen molar-refractivity contribution < 1.29 is 14.9 Å². The quantitative estimate of drug-likeness (QED) is 0.678. The lowest BCUT2D eigenvalue weighted by Crippen LogP contribution is -1.86. The number of methoxy groups -OCH3 is 1. The minimum atomic E-state index is -0.103. The fourth-order valence-corrected chi connectivity index (χ4v) is 2.82. The maximum Gasteiger partial charge on any atom is 0.160 e. The summed E-state index contributed by atoms with van der Waals surface area (Å²) in [5.41, 5.74) is 1.74. The lowest BCUT2D eigenvalue weighted by atomic mass is 10.1. The monoisotopic (exact) mass is 361 g/mol. The third kappa shape index (κ3) is 3.11. The second-order valence-electron chi connectivity index (χ2n) is 5.09. The predicted molar refractivity (Wildman–Crippen MR) is 97.0 cm³/mol. The molecule has 0 aliphatic rings. The lowest BCUT2D eigenvalue weighted by Gasteiger charge is -2.06. The van der Waals surface area contributed by atoms with Crippen LogP contribution in [0.1, 0.15) is 11.3 Å². The van der Waals surface area contributed by atoms with Gasteiger partial charge in [-0.1, -0.05) is 35.3 Å². The molecular weight excluding hydrogens is 349 g/mol. The van der Waals surface area contributed by atoms with Crippen LogP contribution in [0.4, 0.5) is 0 Å². The topological polar surface area (TPSA) is 62.6 Å². The van der Waals surface area contributed by atoms with Crippen molar-refractivity contribution in [1.29, 1.82) is 0 Å². The molecule has 1 aromatic heterocycles. The molecule has 2 N–H and O–H groups in total. The third-order valence-corrected chi connectivity index (χ3v) is 4.13. The van der Waals surface area contributed by atoms with Gasteiger partial charge in [0.05, 0.1) is 22.8 Å². The van der Waals surface area contributed by atoms with E-state index in [0.29, 0.717) is 27.4 Å². The molecule has 0 saturated carbocycles. The molecule has 0 radical (unpaired) electrons. The number of hydrogen-bond acceptors (Lipinski definition) is 4. The van der Waals surface area contributed by atoms with Gasteiger partial charge in [0.2, 0.25) is 0 Å². The van der Waals surface area contributed by atoms with E-state index in [4.69, 9.17) is 27.9 Å². The molecule has 1 heterocycles. The first-order chi connectivity index (χ1) is 11.5. The minimum absolute atomic E-state index is 0.0577. The van der Waals surface area contributed by atoms with E-state index in [1.165, 1.54) is 13.2 Å². The molecule has 2 aromatic carbocycles. The highest BCUT2D eigenvalue weighted by Crippen LogP contribution is 2.36. The molecule has 0 amide bonds. The van der Waals surface area contributed by atoms with Crippen molar-refractivity contribution in [2.24, 2.45) is 0 Å². The summed E-state index contributed by atoms with van der Waals surface area (Å²) in [7, 11) is 1.49. The average molecular weight is 362 g/mol. The van der Waals surface area contributed by atoms with Gasteiger partial charge in [0.25, 0.3) is 0 Å². The zero-order chi connectivity index (χ0) is 17.3. The van der Waals surface area contributed by atoms with Crippen molar-refractivity contribution in [2.45, 2.75) is 0 Å². The smallest absolute Gasteiger partial charge is 0.160 e. The third-order valence-electron chi connectivity index (χ3n) is 3.53. The summed E-state index contributed by atoms with van der Waals surface area (Å²) in [5, 5.41) is 21.1. The summed E-state index contributed by atoms with van der Waals surface area (Å²) in [6.07, 6.45) is 3.55. The van der Waals surface area contributed by atoms with Crippen molar-refractivity contribution in [3.05, 3.63) is 57.7 Å².